The molecular weight excluding hydrogens is 526 g/mol. The minimum atomic E-state index is -1.87. The first-order valence-corrected chi connectivity index (χ1v) is 12.9. The maximum Gasteiger partial charge on any atom is 0.316 e. The molecule has 0 saturated carbocycles. The Morgan fingerprint density at radius 3 is 2.38 bits per heavy atom. The molecule has 2 aromatic carbocycles. The van der Waals surface area contributed by atoms with E-state index in [4.69, 9.17) is 19.9 Å². The summed E-state index contributed by atoms with van der Waals surface area (Å²) in [5.41, 5.74) is 1.96. The number of nitrogens with two attached hydrogens (primary N) is 1. The SMILES string of the molecule is CC[C@@]1(O)CC(O[C@H]2C[C@H](N)[C@@H](O)[C@H](C)O2)c2c(O)c3c(c(O)c2[C@H]1C(=O)OC)C(=O)c1cccc(O)c1C3=O. The van der Waals surface area contributed by atoms with Crippen molar-refractivity contribution in [2.24, 2.45) is 5.73 Å². The van der Waals surface area contributed by atoms with E-state index in [1.807, 2.05) is 0 Å². The molecule has 1 fully saturated rings. The first kappa shape index (κ1) is 28.0. The number of aliphatic hydroxyl groups is 2. The summed E-state index contributed by atoms with van der Waals surface area (Å²) in [5, 5.41) is 55.4. The molecule has 0 radical (unpaired) electrons. The lowest BCUT2D eigenvalue weighted by Crippen LogP contribution is -2.52. The second-order valence-corrected chi connectivity index (χ2v) is 10.5. The number of phenols is 3. The Balaban J connectivity index is 1.76. The summed E-state index contributed by atoms with van der Waals surface area (Å²) in [5.74, 6) is -6.33. The monoisotopic (exact) mass is 557 g/mol. The Bertz CT molecular complexity index is 1410. The zero-order valence-corrected chi connectivity index (χ0v) is 22.1. The largest absolute Gasteiger partial charge is 0.507 e. The number of ketones is 2. The van der Waals surface area contributed by atoms with Gasteiger partial charge in [0.2, 0.25) is 5.78 Å². The van der Waals surface area contributed by atoms with Crippen LogP contribution in [0.3, 0.4) is 0 Å². The fraction of sp³-hybridized carbons (Fsp3) is 0.464. The Labute approximate surface area is 228 Å². The van der Waals surface area contributed by atoms with Crippen LogP contribution in [0.1, 0.15) is 88.1 Å². The highest BCUT2D eigenvalue weighted by atomic mass is 16.7. The average Bonchev–Trinajstić information content (AvgIpc) is 2.91. The lowest BCUT2D eigenvalue weighted by molar-refractivity contribution is -0.249. The number of carbonyl (C=O) groups excluding carboxylic acids is 3. The molecule has 1 aliphatic heterocycles. The van der Waals surface area contributed by atoms with Crippen molar-refractivity contribution in [2.75, 3.05) is 7.11 Å². The van der Waals surface area contributed by atoms with Crippen LogP contribution < -0.4 is 5.73 Å². The van der Waals surface area contributed by atoms with Crippen molar-refractivity contribution < 1.29 is 54.1 Å². The van der Waals surface area contributed by atoms with E-state index < -0.39 is 88.1 Å². The van der Waals surface area contributed by atoms with Crippen LogP contribution in [0, 0.1) is 0 Å². The van der Waals surface area contributed by atoms with Gasteiger partial charge in [-0.1, -0.05) is 19.1 Å². The van der Waals surface area contributed by atoms with Crippen molar-refractivity contribution >= 4 is 17.5 Å². The highest BCUT2D eigenvalue weighted by Gasteiger charge is 2.54. The van der Waals surface area contributed by atoms with Crippen LogP contribution in [0.2, 0.25) is 0 Å². The van der Waals surface area contributed by atoms with Crippen LogP contribution in [0.4, 0.5) is 0 Å². The van der Waals surface area contributed by atoms with E-state index >= 15 is 0 Å². The van der Waals surface area contributed by atoms with Crippen molar-refractivity contribution in [1.29, 1.82) is 0 Å². The van der Waals surface area contributed by atoms with Gasteiger partial charge < -0.3 is 45.5 Å². The van der Waals surface area contributed by atoms with E-state index in [2.05, 4.69) is 0 Å². The molecule has 1 saturated heterocycles. The number of phenolic OH excluding ortho intramolecular Hbond substituents is 3. The number of esters is 1. The zero-order chi connectivity index (χ0) is 29.3. The third-order valence-electron chi connectivity index (χ3n) is 8.29. The van der Waals surface area contributed by atoms with Gasteiger partial charge in [-0.05, 0) is 19.4 Å². The van der Waals surface area contributed by atoms with E-state index in [1.165, 1.54) is 18.2 Å². The molecule has 7 N–H and O–H groups in total. The van der Waals surface area contributed by atoms with Crippen LogP contribution in [0.5, 0.6) is 17.2 Å². The highest BCUT2D eigenvalue weighted by Crippen LogP contribution is 2.57. The molecule has 0 amide bonds. The van der Waals surface area contributed by atoms with Crippen molar-refractivity contribution in [1.82, 2.24) is 0 Å². The number of ether oxygens (including phenoxy) is 3. The molecule has 0 aromatic heterocycles. The van der Waals surface area contributed by atoms with Crippen LogP contribution >= 0.6 is 0 Å². The molecule has 1 heterocycles. The normalized spacial score (nSPS) is 31.2. The van der Waals surface area contributed by atoms with Crippen molar-refractivity contribution in [3.63, 3.8) is 0 Å². The van der Waals surface area contributed by atoms with Crippen molar-refractivity contribution in [3.05, 3.63) is 51.6 Å². The maximum absolute atomic E-state index is 13.6. The van der Waals surface area contributed by atoms with Gasteiger partial charge in [-0.25, -0.2) is 0 Å². The molecule has 214 valence electrons. The minimum absolute atomic E-state index is 0.0207. The first-order chi connectivity index (χ1) is 18.9. The van der Waals surface area contributed by atoms with Gasteiger partial charge in [0.25, 0.3) is 0 Å². The van der Waals surface area contributed by atoms with Gasteiger partial charge in [0, 0.05) is 35.6 Å². The van der Waals surface area contributed by atoms with Gasteiger partial charge in [-0.15, -0.1) is 0 Å². The number of fused-ring (bicyclic) bond motifs is 3. The summed E-state index contributed by atoms with van der Waals surface area (Å²) in [4.78, 5) is 40.2. The number of aromatic hydroxyl groups is 3. The number of hydrogen-bond acceptors (Lipinski definition) is 12. The molecule has 0 bridgehead atoms. The van der Waals surface area contributed by atoms with E-state index in [9.17, 15) is 39.9 Å². The summed E-state index contributed by atoms with van der Waals surface area (Å²) in [6.45, 7) is 3.20. The van der Waals surface area contributed by atoms with E-state index in [0.717, 1.165) is 7.11 Å². The summed E-state index contributed by atoms with van der Waals surface area (Å²) >= 11 is 0. The predicted molar refractivity (Wildman–Crippen MR) is 136 cm³/mol. The molecule has 5 rings (SSSR count). The summed E-state index contributed by atoms with van der Waals surface area (Å²) in [7, 11) is 1.09. The quantitative estimate of drug-likeness (QED) is 0.198. The Kier molecular flexibility index (Phi) is 6.87. The lowest BCUT2D eigenvalue weighted by Gasteiger charge is -2.45. The van der Waals surface area contributed by atoms with Crippen LogP contribution in [0.15, 0.2) is 18.2 Å². The molecule has 3 aliphatic rings. The first-order valence-electron chi connectivity index (χ1n) is 12.9. The van der Waals surface area contributed by atoms with Gasteiger partial charge >= 0.3 is 5.97 Å². The zero-order valence-electron chi connectivity index (χ0n) is 22.1. The predicted octanol–water partition coefficient (Wildman–Crippen LogP) is 1.26. The molecule has 12 heteroatoms. The third-order valence-corrected chi connectivity index (χ3v) is 8.29. The van der Waals surface area contributed by atoms with Gasteiger partial charge in [0.15, 0.2) is 12.1 Å². The van der Waals surface area contributed by atoms with Crippen LogP contribution in [-0.2, 0) is 19.0 Å². The Morgan fingerprint density at radius 1 is 1.10 bits per heavy atom. The van der Waals surface area contributed by atoms with E-state index in [1.54, 1.807) is 13.8 Å². The minimum Gasteiger partial charge on any atom is -0.507 e. The second kappa shape index (κ2) is 9.82. The van der Waals surface area contributed by atoms with Gasteiger partial charge in [-0.3, -0.25) is 14.4 Å². The number of carbonyl (C=O) groups is 3. The molecule has 7 atom stereocenters. The number of methoxy groups -OCH3 is 1. The fourth-order valence-corrected chi connectivity index (χ4v) is 6.13. The molecule has 12 nitrogen and oxygen atoms in total. The lowest BCUT2D eigenvalue weighted by atomic mass is 9.66. The maximum atomic E-state index is 13.6. The molecule has 0 spiro atoms. The summed E-state index contributed by atoms with van der Waals surface area (Å²) in [6, 6.07) is 3.14. The molecular formula is C28H31NO11. The van der Waals surface area contributed by atoms with Gasteiger partial charge in [0.05, 0.1) is 47.7 Å². The summed E-state index contributed by atoms with van der Waals surface area (Å²) < 4.78 is 16.8. The topological polar surface area (TPSA) is 206 Å². The highest BCUT2D eigenvalue weighted by molar-refractivity contribution is 6.31. The van der Waals surface area contributed by atoms with Crippen molar-refractivity contribution in [2.45, 2.75) is 75.3 Å². The average molecular weight is 558 g/mol. The smallest absolute Gasteiger partial charge is 0.316 e. The third kappa shape index (κ3) is 3.98. The standard InChI is InChI=1S/C28H31NO11/c1-4-28(37)9-14(40-15-8-12(29)22(31)10(2)39-15)17-18(21(28)27(36)38-3)26(35)19-20(25(17)34)24(33)16-11(23(19)32)6-5-7-13(16)30/h5-7,10,12,14-15,21-22,30-31,34-35,37H,4,8-9,29H2,1-3H3/t10-,12-,14?,15-,21-,22-,28+/m0/s1. The number of benzene rings is 2. The second-order valence-electron chi connectivity index (χ2n) is 10.5. The van der Waals surface area contributed by atoms with Gasteiger partial charge in [0.1, 0.15) is 23.2 Å². The number of rotatable bonds is 4. The Morgan fingerprint density at radius 2 is 1.75 bits per heavy atom. The molecule has 2 aromatic rings. The molecule has 2 aliphatic carbocycles. The van der Waals surface area contributed by atoms with Crippen LogP contribution in [0.25, 0.3) is 0 Å². The molecule has 40 heavy (non-hydrogen) atoms. The van der Waals surface area contributed by atoms with E-state index in [0.29, 0.717) is 0 Å². The molecule has 1 unspecified atom stereocenters. The fourth-order valence-electron chi connectivity index (χ4n) is 6.13. The number of hydrogen-bond donors (Lipinski definition) is 6. The summed E-state index contributed by atoms with van der Waals surface area (Å²) in [6.07, 6.45) is -4.24. The van der Waals surface area contributed by atoms with Gasteiger partial charge in [-0.2, -0.15) is 0 Å². The van der Waals surface area contributed by atoms with E-state index in [-0.39, 0.29) is 41.5 Å². The Hall–Kier alpha value is -3.55. The number of aliphatic hydroxyl groups excluding tert-OH is 1. The van der Waals surface area contributed by atoms with Crippen LogP contribution in [-0.4, -0.2) is 80.3 Å². The van der Waals surface area contributed by atoms with Crippen molar-refractivity contribution in [3.8, 4) is 17.2 Å².